The van der Waals surface area contributed by atoms with Crippen molar-refractivity contribution in [3.63, 3.8) is 0 Å². The van der Waals surface area contributed by atoms with E-state index in [4.69, 9.17) is 4.74 Å². The van der Waals surface area contributed by atoms with E-state index in [9.17, 15) is 0 Å². The number of allylic oxidation sites excluding steroid dienone is 1. The summed E-state index contributed by atoms with van der Waals surface area (Å²) in [5, 5.41) is 0.759. The zero-order valence-electron chi connectivity index (χ0n) is 3.95. The van der Waals surface area contributed by atoms with E-state index in [0.717, 1.165) is 11.1 Å². The van der Waals surface area contributed by atoms with Crippen molar-refractivity contribution < 1.29 is 4.74 Å². The van der Waals surface area contributed by atoms with Crippen molar-refractivity contribution in [2.75, 3.05) is 12.4 Å². The highest BCUT2D eigenvalue weighted by atomic mass is 79.9. The second-order valence-corrected chi connectivity index (χ2v) is 1.93. The van der Waals surface area contributed by atoms with Gasteiger partial charge in [0.1, 0.15) is 5.76 Å². The summed E-state index contributed by atoms with van der Waals surface area (Å²) >= 11 is 6.33. The van der Waals surface area contributed by atoms with Gasteiger partial charge in [-0.05, 0) is 0 Å². The van der Waals surface area contributed by atoms with Crippen molar-refractivity contribution >= 4 is 31.9 Å². The van der Waals surface area contributed by atoms with Gasteiger partial charge >= 0.3 is 0 Å². The van der Waals surface area contributed by atoms with Crippen molar-refractivity contribution in [3.8, 4) is 0 Å². The third kappa shape index (κ3) is 3.12. The summed E-state index contributed by atoms with van der Waals surface area (Å²) in [6, 6.07) is 0. The van der Waals surface area contributed by atoms with Crippen molar-refractivity contribution in [2.45, 2.75) is 0 Å². The molecule has 0 saturated heterocycles. The Morgan fingerprint density at radius 2 is 2.43 bits per heavy atom. The van der Waals surface area contributed by atoms with E-state index in [1.165, 1.54) is 0 Å². The van der Waals surface area contributed by atoms with Crippen LogP contribution in [0.5, 0.6) is 0 Å². The van der Waals surface area contributed by atoms with Gasteiger partial charge in [-0.15, -0.1) is 0 Å². The lowest BCUT2D eigenvalue weighted by Gasteiger charge is -1.95. The Hall–Kier alpha value is 0.500. The zero-order chi connectivity index (χ0) is 5.70. The van der Waals surface area contributed by atoms with Gasteiger partial charge in [-0.25, -0.2) is 0 Å². The van der Waals surface area contributed by atoms with E-state index < -0.39 is 0 Å². The third-order valence-corrected chi connectivity index (χ3v) is 1.58. The molecule has 0 aromatic heterocycles. The minimum atomic E-state index is 0.759. The van der Waals surface area contributed by atoms with Gasteiger partial charge in [-0.1, -0.05) is 31.9 Å². The maximum absolute atomic E-state index is 4.82. The smallest absolute Gasteiger partial charge is 0.113 e. The first-order chi connectivity index (χ1) is 3.35. The molecule has 0 amide bonds. The van der Waals surface area contributed by atoms with Crippen LogP contribution in [0.4, 0.5) is 0 Å². The first-order valence-corrected chi connectivity index (χ1v) is 3.78. The number of methoxy groups -OCH3 is 1. The topological polar surface area (TPSA) is 9.23 Å². The number of halogens is 2. The Morgan fingerprint density at radius 3 is 2.43 bits per heavy atom. The van der Waals surface area contributed by atoms with Crippen LogP contribution >= 0.6 is 31.9 Å². The first kappa shape index (κ1) is 7.50. The Bertz CT molecular complexity index is 64.1. The van der Waals surface area contributed by atoms with Gasteiger partial charge in [-0.2, -0.15) is 0 Å². The van der Waals surface area contributed by atoms with Gasteiger partial charge in [0.05, 0.1) is 12.4 Å². The molecule has 0 bridgehead atoms. The normalized spacial score (nSPS) is 11.6. The van der Waals surface area contributed by atoms with Gasteiger partial charge in [0.15, 0.2) is 0 Å². The predicted octanol–water partition coefficient (Wildman–Crippen LogP) is 2.26. The summed E-state index contributed by atoms with van der Waals surface area (Å²) in [5.41, 5.74) is 0. The zero-order valence-corrected chi connectivity index (χ0v) is 7.12. The van der Waals surface area contributed by atoms with E-state index in [0.29, 0.717) is 0 Å². The molecule has 0 atom stereocenters. The number of ether oxygens (including phenoxy) is 1. The molecule has 1 nitrogen and oxygen atoms in total. The van der Waals surface area contributed by atoms with Gasteiger partial charge in [0, 0.05) is 4.99 Å². The van der Waals surface area contributed by atoms with Crippen LogP contribution in [0.1, 0.15) is 0 Å². The van der Waals surface area contributed by atoms with Crippen LogP contribution in [0.15, 0.2) is 10.7 Å². The van der Waals surface area contributed by atoms with E-state index in [1.54, 1.807) is 12.1 Å². The van der Waals surface area contributed by atoms with Crippen LogP contribution in [0.25, 0.3) is 0 Å². The SMILES string of the molecule is CO/C(=C\Br)CBr. The second kappa shape index (κ2) is 4.65. The Labute approximate surface area is 60.0 Å². The molecular weight excluding hydrogens is 224 g/mol. The fourth-order valence-corrected chi connectivity index (χ4v) is 1.30. The van der Waals surface area contributed by atoms with Gasteiger partial charge in [0.2, 0.25) is 0 Å². The van der Waals surface area contributed by atoms with Crippen LogP contribution in [0.3, 0.4) is 0 Å². The molecule has 7 heavy (non-hydrogen) atoms. The van der Waals surface area contributed by atoms with Gasteiger partial charge < -0.3 is 4.74 Å². The summed E-state index contributed by atoms with van der Waals surface area (Å²) in [4.78, 5) is 1.74. The molecule has 0 unspecified atom stereocenters. The molecule has 0 N–H and O–H groups in total. The molecule has 0 aromatic carbocycles. The average molecular weight is 230 g/mol. The van der Waals surface area contributed by atoms with Crippen LogP contribution in [0, 0.1) is 0 Å². The van der Waals surface area contributed by atoms with Crippen LogP contribution in [-0.4, -0.2) is 12.4 Å². The summed E-state index contributed by atoms with van der Waals surface area (Å²) in [7, 11) is 1.63. The number of hydrogen-bond acceptors (Lipinski definition) is 1. The van der Waals surface area contributed by atoms with Crippen molar-refractivity contribution in [1.29, 1.82) is 0 Å². The highest BCUT2D eigenvalue weighted by Crippen LogP contribution is 2.01. The Kier molecular flexibility index (Phi) is 4.99. The van der Waals surface area contributed by atoms with E-state index in [-0.39, 0.29) is 0 Å². The van der Waals surface area contributed by atoms with E-state index in [2.05, 4.69) is 31.9 Å². The summed E-state index contributed by atoms with van der Waals surface area (Å²) in [5.74, 6) is 0.889. The summed E-state index contributed by atoms with van der Waals surface area (Å²) in [6.07, 6.45) is 0. The lowest BCUT2D eigenvalue weighted by atomic mass is 10.7. The van der Waals surface area contributed by atoms with Crippen molar-refractivity contribution in [1.82, 2.24) is 0 Å². The average Bonchev–Trinajstić information content (AvgIpc) is 1.72. The fourth-order valence-electron chi connectivity index (χ4n) is 0.128. The van der Waals surface area contributed by atoms with Gasteiger partial charge in [-0.3, -0.25) is 0 Å². The molecule has 0 aliphatic carbocycles. The molecule has 0 heterocycles. The maximum atomic E-state index is 4.82. The standard InChI is InChI=1S/C4H6Br2O/c1-7-4(2-5)3-6/h2H,3H2,1H3/b4-2-. The molecule has 0 aliphatic rings. The second-order valence-electron chi connectivity index (χ2n) is 0.913. The highest BCUT2D eigenvalue weighted by Gasteiger charge is 1.85. The van der Waals surface area contributed by atoms with Crippen LogP contribution in [-0.2, 0) is 4.74 Å². The predicted molar refractivity (Wildman–Crippen MR) is 37.8 cm³/mol. The molecule has 0 spiro atoms. The molecule has 3 heteroatoms. The van der Waals surface area contributed by atoms with Gasteiger partial charge in [0.25, 0.3) is 0 Å². The first-order valence-electron chi connectivity index (χ1n) is 1.74. The molecule has 42 valence electrons. The van der Waals surface area contributed by atoms with Crippen LogP contribution < -0.4 is 0 Å². The third-order valence-electron chi connectivity index (χ3n) is 0.516. The Morgan fingerprint density at radius 1 is 1.86 bits per heavy atom. The minimum absolute atomic E-state index is 0.759. The molecule has 0 saturated carbocycles. The van der Waals surface area contributed by atoms with Crippen molar-refractivity contribution in [2.24, 2.45) is 0 Å². The monoisotopic (exact) mass is 228 g/mol. The molecule has 0 aliphatic heterocycles. The maximum Gasteiger partial charge on any atom is 0.113 e. The lowest BCUT2D eigenvalue weighted by molar-refractivity contribution is 0.298. The minimum Gasteiger partial charge on any atom is -0.500 e. The fraction of sp³-hybridized carbons (Fsp3) is 0.500. The highest BCUT2D eigenvalue weighted by molar-refractivity contribution is 9.11. The summed E-state index contributed by atoms with van der Waals surface area (Å²) in [6.45, 7) is 0. The van der Waals surface area contributed by atoms with E-state index >= 15 is 0 Å². The molecule has 0 fully saturated rings. The largest absolute Gasteiger partial charge is 0.500 e. The molecular formula is C4H6Br2O. The van der Waals surface area contributed by atoms with Crippen LogP contribution in [0.2, 0.25) is 0 Å². The molecule has 0 radical (unpaired) electrons. The number of rotatable bonds is 2. The summed E-state index contributed by atoms with van der Waals surface area (Å²) < 4.78 is 4.82. The number of alkyl halides is 1. The molecule has 0 rings (SSSR count). The lowest BCUT2D eigenvalue weighted by Crippen LogP contribution is -1.83. The number of hydrogen-bond donors (Lipinski definition) is 0. The molecule has 0 aromatic rings. The Balaban J connectivity index is 3.38. The van der Waals surface area contributed by atoms with E-state index in [1.807, 2.05) is 0 Å². The van der Waals surface area contributed by atoms with Crippen molar-refractivity contribution in [3.05, 3.63) is 10.7 Å². The quantitative estimate of drug-likeness (QED) is 0.522.